The Balaban J connectivity index is 2.33. The van der Waals surface area contributed by atoms with E-state index in [-0.39, 0.29) is 5.56 Å². The summed E-state index contributed by atoms with van der Waals surface area (Å²) in [5.41, 5.74) is 5.93. The standard InChI is InChI=1S/C17H17FN4O/c1-2-7-17(16(19)23,11-4-3-8-20-9-11)13-5-6-14-12(15(13)18)10-21-22-14/h3-6,8-10H,2,7H2,1H3,(H2,19,23)(H,21,22). The van der Waals surface area contributed by atoms with Crippen molar-refractivity contribution in [3.63, 3.8) is 0 Å². The maximum absolute atomic E-state index is 15.1. The molecule has 0 radical (unpaired) electrons. The Morgan fingerprint density at radius 3 is 2.83 bits per heavy atom. The number of aromatic amines is 1. The maximum Gasteiger partial charge on any atom is 0.232 e. The number of rotatable bonds is 5. The number of halogens is 1. The van der Waals surface area contributed by atoms with Crippen LogP contribution in [0.25, 0.3) is 10.9 Å². The van der Waals surface area contributed by atoms with Gasteiger partial charge in [-0.25, -0.2) is 4.39 Å². The summed E-state index contributed by atoms with van der Waals surface area (Å²) in [5, 5.41) is 6.92. The van der Waals surface area contributed by atoms with Crippen LogP contribution in [0, 0.1) is 5.82 Å². The van der Waals surface area contributed by atoms with Gasteiger partial charge in [0, 0.05) is 18.0 Å². The van der Waals surface area contributed by atoms with Gasteiger partial charge in [0.2, 0.25) is 5.91 Å². The minimum atomic E-state index is -1.25. The second-order valence-corrected chi connectivity index (χ2v) is 5.52. The molecule has 0 bridgehead atoms. The number of hydrogen-bond donors (Lipinski definition) is 2. The van der Waals surface area contributed by atoms with Crippen molar-refractivity contribution in [3.8, 4) is 0 Å². The Bertz CT molecular complexity index is 846. The summed E-state index contributed by atoms with van der Waals surface area (Å²) in [5.74, 6) is -1.07. The number of aromatic nitrogens is 3. The molecular weight excluding hydrogens is 295 g/mol. The molecule has 6 heteroatoms. The molecule has 0 fully saturated rings. The number of hydrogen-bond acceptors (Lipinski definition) is 3. The lowest BCUT2D eigenvalue weighted by molar-refractivity contribution is -0.122. The number of nitrogens with two attached hydrogens (primary N) is 1. The molecule has 1 unspecified atom stereocenters. The summed E-state index contributed by atoms with van der Waals surface area (Å²) < 4.78 is 15.1. The SMILES string of the molecule is CCCC(C(N)=O)(c1cccnc1)c1ccc2[nH]ncc2c1F. The topological polar surface area (TPSA) is 84.7 Å². The van der Waals surface area contributed by atoms with Gasteiger partial charge in [0.15, 0.2) is 0 Å². The van der Waals surface area contributed by atoms with Crippen molar-refractivity contribution in [2.24, 2.45) is 5.73 Å². The monoisotopic (exact) mass is 312 g/mol. The van der Waals surface area contributed by atoms with Crippen molar-refractivity contribution in [3.05, 3.63) is 59.8 Å². The van der Waals surface area contributed by atoms with Crippen molar-refractivity contribution in [2.45, 2.75) is 25.2 Å². The predicted octanol–water partition coefficient (Wildman–Crippen LogP) is 2.67. The van der Waals surface area contributed by atoms with E-state index < -0.39 is 17.1 Å². The van der Waals surface area contributed by atoms with Crippen molar-refractivity contribution < 1.29 is 9.18 Å². The first-order valence-electron chi connectivity index (χ1n) is 7.43. The van der Waals surface area contributed by atoms with Gasteiger partial charge in [0.25, 0.3) is 0 Å². The Kier molecular flexibility index (Phi) is 3.82. The smallest absolute Gasteiger partial charge is 0.232 e. The van der Waals surface area contributed by atoms with E-state index in [0.29, 0.717) is 29.3 Å². The fraction of sp³-hybridized carbons (Fsp3) is 0.235. The molecule has 1 aromatic carbocycles. The third kappa shape index (κ3) is 2.27. The maximum atomic E-state index is 15.1. The number of carbonyl (C=O) groups is 1. The summed E-state index contributed by atoms with van der Waals surface area (Å²) >= 11 is 0. The minimum absolute atomic E-state index is 0.258. The number of amides is 1. The molecule has 3 N–H and O–H groups in total. The third-order valence-electron chi connectivity index (χ3n) is 4.22. The van der Waals surface area contributed by atoms with Crippen LogP contribution in [0.4, 0.5) is 4.39 Å². The summed E-state index contributed by atoms with van der Waals surface area (Å²) in [7, 11) is 0. The molecule has 1 atom stereocenters. The summed E-state index contributed by atoms with van der Waals surface area (Å²) in [6.45, 7) is 1.93. The normalized spacial score (nSPS) is 13.8. The molecule has 0 spiro atoms. The number of pyridine rings is 1. The fourth-order valence-corrected chi connectivity index (χ4v) is 3.14. The molecule has 23 heavy (non-hydrogen) atoms. The van der Waals surface area contributed by atoms with Gasteiger partial charge in [-0.3, -0.25) is 14.9 Å². The first-order valence-corrected chi connectivity index (χ1v) is 7.43. The van der Waals surface area contributed by atoms with Gasteiger partial charge in [-0.2, -0.15) is 5.10 Å². The number of H-pyrrole nitrogens is 1. The summed E-state index contributed by atoms with van der Waals surface area (Å²) in [6, 6.07) is 6.79. The van der Waals surface area contributed by atoms with Crippen LogP contribution in [-0.4, -0.2) is 21.1 Å². The third-order valence-corrected chi connectivity index (χ3v) is 4.22. The number of benzene rings is 1. The van der Waals surface area contributed by atoms with Crippen LogP contribution in [0.15, 0.2) is 42.9 Å². The van der Waals surface area contributed by atoms with Crippen LogP contribution in [-0.2, 0) is 10.2 Å². The van der Waals surface area contributed by atoms with Gasteiger partial charge in [-0.1, -0.05) is 25.5 Å². The van der Waals surface area contributed by atoms with E-state index in [4.69, 9.17) is 5.73 Å². The van der Waals surface area contributed by atoms with E-state index in [2.05, 4.69) is 15.2 Å². The first kappa shape index (κ1) is 15.1. The van der Waals surface area contributed by atoms with E-state index in [9.17, 15) is 4.79 Å². The molecule has 0 aliphatic carbocycles. The highest BCUT2D eigenvalue weighted by Crippen LogP contribution is 2.39. The zero-order chi connectivity index (χ0) is 16.4. The Morgan fingerprint density at radius 1 is 1.35 bits per heavy atom. The number of nitrogens with zero attached hydrogens (tertiary/aromatic N) is 2. The lowest BCUT2D eigenvalue weighted by Crippen LogP contribution is -2.43. The van der Waals surface area contributed by atoms with E-state index in [1.165, 1.54) is 6.20 Å². The molecule has 3 aromatic rings. The van der Waals surface area contributed by atoms with E-state index in [0.717, 1.165) is 0 Å². The Morgan fingerprint density at radius 2 is 2.17 bits per heavy atom. The van der Waals surface area contributed by atoms with E-state index in [1.54, 1.807) is 36.7 Å². The second kappa shape index (κ2) is 5.79. The zero-order valence-corrected chi connectivity index (χ0v) is 12.7. The number of carbonyl (C=O) groups excluding carboxylic acids is 1. The van der Waals surface area contributed by atoms with Gasteiger partial charge in [0.1, 0.15) is 11.2 Å². The Hall–Kier alpha value is -2.76. The molecule has 2 aromatic heterocycles. The molecule has 0 saturated carbocycles. The minimum Gasteiger partial charge on any atom is -0.369 e. The summed E-state index contributed by atoms with van der Waals surface area (Å²) in [6.07, 6.45) is 5.65. The lowest BCUT2D eigenvalue weighted by Gasteiger charge is -2.31. The molecular formula is C17H17FN4O. The number of primary amides is 1. The van der Waals surface area contributed by atoms with Crippen molar-refractivity contribution in [1.82, 2.24) is 15.2 Å². The van der Waals surface area contributed by atoms with E-state index >= 15 is 4.39 Å². The molecule has 5 nitrogen and oxygen atoms in total. The highest BCUT2D eigenvalue weighted by atomic mass is 19.1. The van der Waals surface area contributed by atoms with Gasteiger partial charge in [-0.05, 0) is 24.1 Å². The molecule has 3 rings (SSSR count). The molecule has 118 valence electrons. The largest absolute Gasteiger partial charge is 0.369 e. The van der Waals surface area contributed by atoms with Crippen LogP contribution < -0.4 is 5.73 Å². The quantitative estimate of drug-likeness (QED) is 0.759. The zero-order valence-electron chi connectivity index (χ0n) is 12.7. The lowest BCUT2D eigenvalue weighted by atomic mass is 9.71. The van der Waals surface area contributed by atoms with Crippen LogP contribution in [0.2, 0.25) is 0 Å². The van der Waals surface area contributed by atoms with Gasteiger partial charge in [0.05, 0.1) is 17.1 Å². The van der Waals surface area contributed by atoms with Crippen LogP contribution in [0.5, 0.6) is 0 Å². The fourth-order valence-electron chi connectivity index (χ4n) is 3.14. The van der Waals surface area contributed by atoms with Crippen LogP contribution in [0.1, 0.15) is 30.9 Å². The molecule has 0 saturated heterocycles. The number of fused-ring (bicyclic) bond motifs is 1. The van der Waals surface area contributed by atoms with Gasteiger partial charge >= 0.3 is 0 Å². The summed E-state index contributed by atoms with van der Waals surface area (Å²) in [4.78, 5) is 16.5. The molecule has 2 heterocycles. The average molecular weight is 312 g/mol. The second-order valence-electron chi connectivity index (χ2n) is 5.52. The van der Waals surface area contributed by atoms with Gasteiger partial charge in [-0.15, -0.1) is 0 Å². The van der Waals surface area contributed by atoms with E-state index in [1.807, 2.05) is 6.92 Å². The van der Waals surface area contributed by atoms with Crippen LogP contribution in [0.3, 0.4) is 0 Å². The van der Waals surface area contributed by atoms with Crippen molar-refractivity contribution in [1.29, 1.82) is 0 Å². The molecule has 1 amide bonds. The Labute approximate surface area is 132 Å². The number of nitrogens with one attached hydrogen (secondary N) is 1. The van der Waals surface area contributed by atoms with Crippen molar-refractivity contribution in [2.75, 3.05) is 0 Å². The molecule has 0 aliphatic heterocycles. The predicted molar refractivity (Wildman–Crippen MR) is 85.2 cm³/mol. The van der Waals surface area contributed by atoms with Crippen molar-refractivity contribution >= 4 is 16.8 Å². The highest BCUT2D eigenvalue weighted by molar-refractivity contribution is 5.92. The average Bonchev–Trinajstić information content (AvgIpc) is 3.03. The van der Waals surface area contributed by atoms with Crippen LogP contribution >= 0.6 is 0 Å². The highest BCUT2D eigenvalue weighted by Gasteiger charge is 2.42. The molecule has 0 aliphatic rings. The van der Waals surface area contributed by atoms with Gasteiger partial charge < -0.3 is 5.73 Å². The first-order chi connectivity index (χ1) is 11.1.